The summed E-state index contributed by atoms with van der Waals surface area (Å²) >= 11 is 0. The van der Waals surface area contributed by atoms with Gasteiger partial charge in [-0.15, -0.1) is 0 Å². The average Bonchev–Trinajstić information content (AvgIpc) is 0. The Morgan fingerprint density at radius 1 is 1.00 bits per heavy atom. The molecule has 0 aromatic heterocycles. The zero-order chi connectivity index (χ0) is 0. The van der Waals surface area contributed by atoms with Crippen LogP contribution in [0.1, 0.15) is 0 Å². The minimum Gasteiger partial charge on any atom is 0 e. The molecule has 0 spiro atoms. The Morgan fingerprint density at radius 2 is 1.00 bits per heavy atom. The van der Waals surface area contributed by atoms with Crippen LogP contribution in [0.15, 0.2) is 0 Å². The van der Waals surface area contributed by atoms with Crippen molar-refractivity contribution in [1.29, 1.82) is 0 Å². The normalized spacial score (nSPS) is 0. The van der Waals surface area contributed by atoms with Crippen LogP contribution in [0.3, 0.4) is 0 Å². The molecular weight excluding hydrogens is 745 g/mol. The summed E-state index contributed by atoms with van der Waals surface area (Å²) in [4.78, 5) is 0. The summed E-state index contributed by atoms with van der Waals surface area (Å²) in [5, 5.41) is 0. The quantitative estimate of drug-likeness (QED) is 0.328. The van der Waals surface area contributed by atoms with Gasteiger partial charge in [0.15, 0.2) is 0 Å². The van der Waals surface area contributed by atoms with Gasteiger partial charge in [0.2, 0.25) is 0 Å². The van der Waals surface area contributed by atoms with Gasteiger partial charge in [0.1, 0.15) is 0 Å². The monoisotopic (exact) mass is 747 g/mol. The van der Waals surface area contributed by atoms with E-state index in [4.69, 9.17) is 0 Å². The third kappa shape index (κ3) is 18.2. The smallest absolute Gasteiger partial charge is 0 e. The Labute approximate surface area is 207 Å². The second-order valence-electron chi connectivity index (χ2n) is 0. The summed E-state index contributed by atoms with van der Waals surface area (Å²) in [5.41, 5.74) is 0. The fourth-order valence-corrected chi connectivity index (χ4v) is 0. The molecule has 0 N–H and O–H groups in total. The molecule has 0 saturated heterocycles. The predicted molar refractivity (Wildman–Crippen MR) is 0 cm³/mol. The number of rotatable bonds is 0. The first-order valence-electron chi connectivity index (χ1n) is 0. The Hall–Kier alpha value is 7.04. The molecule has 0 aromatic carbocycles. The summed E-state index contributed by atoms with van der Waals surface area (Å²) in [6.07, 6.45) is 0. The van der Waals surface area contributed by atoms with E-state index in [1.165, 1.54) is 0 Å². The van der Waals surface area contributed by atoms with Crippen molar-refractivity contribution in [3.63, 3.8) is 0 Å². The van der Waals surface area contributed by atoms with E-state index >= 15 is 0 Å². The molecule has 0 heterocycles. The summed E-state index contributed by atoms with van der Waals surface area (Å²) in [5.74, 6) is 0. The second kappa shape index (κ2) is 22.5. The van der Waals surface area contributed by atoms with Crippen LogP contribution >= 0.6 is 0 Å². The Balaban J connectivity index is 0. The van der Waals surface area contributed by atoms with Gasteiger partial charge in [-0.05, 0) is 0 Å². The van der Waals surface area contributed by atoms with Crippen molar-refractivity contribution in [3.8, 4) is 0 Å². The molecule has 0 atom stereocenters. The average molecular weight is 745 g/mol. The van der Waals surface area contributed by atoms with E-state index in [9.17, 15) is 0 Å². The molecule has 5 heavy (non-hydrogen) atoms. The molecular formula is CeEuLaPrYb. The van der Waals surface area contributed by atoms with E-state index in [2.05, 4.69) is 0 Å². The molecule has 0 unspecified atom stereocenters. The van der Waals surface area contributed by atoms with Gasteiger partial charge in [0, 0.05) is 215 Å². The van der Waals surface area contributed by atoms with Crippen molar-refractivity contribution >= 4 is 0 Å². The third-order valence-corrected chi connectivity index (χ3v) is 0. The molecule has 5 heteroatoms. The Kier molecular flexibility index (Phi) is 133. The van der Waals surface area contributed by atoms with Gasteiger partial charge >= 0.3 is 0 Å². The first-order chi connectivity index (χ1) is 0. The zero-order valence-electron chi connectivity index (χ0n) is 2.30. The van der Waals surface area contributed by atoms with Crippen LogP contribution in [-0.4, -0.2) is 0 Å². The second-order valence-corrected chi connectivity index (χ2v) is 0. The van der Waals surface area contributed by atoms with Crippen LogP contribution in [0.2, 0.25) is 0 Å². The van der Waals surface area contributed by atoms with Crippen molar-refractivity contribution in [2.24, 2.45) is 0 Å². The summed E-state index contributed by atoms with van der Waals surface area (Å²) in [6, 6.07) is 0. The number of hydrogen-bond acceptors (Lipinski definition) is 0. The van der Waals surface area contributed by atoms with Gasteiger partial charge in [-0.1, -0.05) is 0 Å². The molecule has 0 aromatic rings. The largest absolute Gasteiger partial charge is 0 e. The van der Waals surface area contributed by atoms with E-state index in [0.29, 0.717) is 0 Å². The van der Waals surface area contributed by atoms with E-state index in [0.717, 1.165) is 0 Å². The molecule has 0 aliphatic heterocycles. The van der Waals surface area contributed by atoms with Crippen LogP contribution in [0, 0.1) is 215 Å². The van der Waals surface area contributed by atoms with Crippen LogP contribution in [0.4, 0.5) is 0 Å². The maximum Gasteiger partial charge on any atom is 0 e. The summed E-state index contributed by atoms with van der Waals surface area (Å²) in [6.45, 7) is 0. The first kappa shape index (κ1) is 29.6. The van der Waals surface area contributed by atoms with Crippen molar-refractivity contribution in [1.82, 2.24) is 0 Å². The van der Waals surface area contributed by atoms with E-state index < -0.39 is 0 Å². The minimum atomic E-state index is 0. The Bertz CT molecular complexity index is 11.6. The Morgan fingerprint density at radius 3 is 1.00 bits per heavy atom. The molecule has 0 aliphatic rings. The van der Waals surface area contributed by atoms with Gasteiger partial charge in [-0.3, -0.25) is 0 Å². The van der Waals surface area contributed by atoms with Gasteiger partial charge in [-0.2, -0.15) is 0 Å². The van der Waals surface area contributed by atoms with Crippen LogP contribution in [0.25, 0.3) is 0 Å². The third-order valence-electron chi connectivity index (χ3n) is 0. The molecule has 0 saturated carbocycles. The van der Waals surface area contributed by atoms with Crippen molar-refractivity contribution in [2.75, 3.05) is 0 Å². The van der Waals surface area contributed by atoms with Crippen LogP contribution < -0.4 is 0 Å². The van der Waals surface area contributed by atoms with E-state index in [-0.39, 0.29) is 215 Å². The maximum absolute atomic E-state index is 0. The van der Waals surface area contributed by atoms with Gasteiger partial charge in [-0.25, -0.2) is 0 Å². The molecule has 0 bridgehead atoms. The van der Waals surface area contributed by atoms with Crippen LogP contribution in [0.5, 0.6) is 0 Å². The molecule has 0 rings (SSSR count). The topological polar surface area (TPSA) is 0 Å². The minimum absolute atomic E-state index is 0. The van der Waals surface area contributed by atoms with Crippen molar-refractivity contribution in [3.05, 3.63) is 0 Å². The van der Waals surface area contributed by atoms with Gasteiger partial charge in [0.05, 0.1) is 0 Å². The van der Waals surface area contributed by atoms with E-state index in [1.54, 1.807) is 0 Å². The van der Waals surface area contributed by atoms with Crippen LogP contribution in [-0.2, 0) is 0 Å². The molecule has 0 nitrogen and oxygen atoms in total. The predicted octanol–water partition coefficient (Wildman–Crippen LogP) is 0. The molecule has 0 aliphatic carbocycles. The molecule has 3 radical (unpaired) electrons. The molecule has 31 valence electrons. The summed E-state index contributed by atoms with van der Waals surface area (Å²) in [7, 11) is 0. The number of hydrogen-bond donors (Lipinski definition) is 0. The fraction of sp³-hybridized carbons (Fsp3) is 0. The first-order valence-corrected chi connectivity index (χ1v) is 0. The maximum atomic E-state index is 0. The zero-order valence-corrected chi connectivity index (χ0v) is 16.9. The van der Waals surface area contributed by atoms with Gasteiger partial charge < -0.3 is 0 Å². The fourth-order valence-electron chi connectivity index (χ4n) is 0. The van der Waals surface area contributed by atoms with Crippen molar-refractivity contribution < 1.29 is 215 Å². The summed E-state index contributed by atoms with van der Waals surface area (Å²) < 4.78 is 0. The van der Waals surface area contributed by atoms with Gasteiger partial charge in [0.25, 0.3) is 0 Å². The SMILES string of the molecule is [Ce].[Eu].[La].[Pr].[Yb]. The molecule has 0 fully saturated rings. The standard InChI is InChI=1S/Ce.Eu.La.Pr.Yb. The van der Waals surface area contributed by atoms with E-state index in [1.807, 2.05) is 0 Å². The van der Waals surface area contributed by atoms with Crippen molar-refractivity contribution in [2.45, 2.75) is 0 Å². The molecule has 0 amide bonds.